The lowest BCUT2D eigenvalue weighted by molar-refractivity contribution is 0.219. The van der Waals surface area contributed by atoms with E-state index in [0.717, 1.165) is 18.2 Å². The molecule has 94 valence electrons. The van der Waals surface area contributed by atoms with Crippen molar-refractivity contribution < 1.29 is 18.3 Å². The van der Waals surface area contributed by atoms with Crippen LogP contribution in [0.15, 0.2) is 36.4 Å². The Balaban J connectivity index is 2.40. The number of hydrogen-bond acceptors (Lipinski definition) is 1. The van der Waals surface area contributed by atoms with Gasteiger partial charge in [-0.1, -0.05) is 17.7 Å². The molecule has 2 aromatic carbocycles. The molecule has 1 atom stereocenters. The summed E-state index contributed by atoms with van der Waals surface area (Å²) in [6.07, 6.45) is -1.27. The van der Waals surface area contributed by atoms with Crippen LogP contribution in [0.4, 0.5) is 13.2 Å². The number of aliphatic hydroxyl groups is 1. The molecule has 0 radical (unpaired) electrons. The van der Waals surface area contributed by atoms with Crippen molar-refractivity contribution in [3.63, 3.8) is 0 Å². The predicted octanol–water partition coefficient (Wildman–Crippen LogP) is 3.84. The monoisotopic (exact) mass is 272 g/mol. The maximum atomic E-state index is 13.0. The molecule has 0 aromatic heterocycles. The van der Waals surface area contributed by atoms with Crippen LogP contribution < -0.4 is 0 Å². The Hall–Kier alpha value is -1.52. The van der Waals surface area contributed by atoms with Crippen molar-refractivity contribution in [2.75, 3.05) is 0 Å². The highest BCUT2D eigenvalue weighted by molar-refractivity contribution is 6.30. The van der Waals surface area contributed by atoms with Gasteiger partial charge in [-0.25, -0.2) is 13.2 Å². The lowest BCUT2D eigenvalue weighted by atomic mass is 10.0. The molecule has 1 N–H and O–H groups in total. The van der Waals surface area contributed by atoms with Gasteiger partial charge in [0.1, 0.15) is 23.6 Å². The molecule has 0 aliphatic heterocycles. The number of hydrogen-bond donors (Lipinski definition) is 1. The molecule has 0 heterocycles. The highest BCUT2D eigenvalue weighted by Crippen LogP contribution is 2.26. The smallest absolute Gasteiger partial charge is 0.141 e. The van der Waals surface area contributed by atoms with Gasteiger partial charge in [0.05, 0.1) is 5.02 Å². The summed E-state index contributed by atoms with van der Waals surface area (Å²) in [6, 6.07) is 6.31. The summed E-state index contributed by atoms with van der Waals surface area (Å²) in [4.78, 5) is 0. The van der Waals surface area contributed by atoms with Gasteiger partial charge in [0.15, 0.2) is 0 Å². The first-order chi connectivity index (χ1) is 8.47. The fourth-order valence-electron chi connectivity index (χ4n) is 1.61. The third-order valence-corrected chi connectivity index (χ3v) is 2.75. The second-order valence-electron chi connectivity index (χ2n) is 3.78. The molecule has 0 amide bonds. The maximum Gasteiger partial charge on any atom is 0.141 e. The number of rotatable bonds is 2. The fraction of sp³-hybridized carbons (Fsp3) is 0.0769. The molecule has 0 spiro atoms. The minimum atomic E-state index is -1.27. The van der Waals surface area contributed by atoms with Crippen molar-refractivity contribution in [1.29, 1.82) is 0 Å². The van der Waals surface area contributed by atoms with E-state index >= 15 is 0 Å². The van der Waals surface area contributed by atoms with Gasteiger partial charge in [0.25, 0.3) is 0 Å². The summed E-state index contributed by atoms with van der Waals surface area (Å²) in [7, 11) is 0. The zero-order valence-electron chi connectivity index (χ0n) is 9.00. The molecule has 0 bridgehead atoms. The fourth-order valence-corrected chi connectivity index (χ4v) is 1.80. The van der Waals surface area contributed by atoms with Crippen LogP contribution in [-0.2, 0) is 0 Å². The highest BCUT2D eigenvalue weighted by Gasteiger charge is 2.14. The average Bonchev–Trinajstić information content (AvgIpc) is 2.30. The van der Waals surface area contributed by atoms with E-state index in [4.69, 9.17) is 11.6 Å². The lowest BCUT2D eigenvalue weighted by Crippen LogP contribution is -2.01. The second-order valence-corrected chi connectivity index (χ2v) is 4.19. The Bertz CT molecular complexity index is 566. The molecule has 0 saturated heterocycles. The molecule has 18 heavy (non-hydrogen) atoms. The van der Waals surface area contributed by atoms with Gasteiger partial charge in [-0.2, -0.15) is 0 Å². The zero-order valence-corrected chi connectivity index (χ0v) is 9.76. The van der Waals surface area contributed by atoms with Crippen LogP contribution in [0.25, 0.3) is 0 Å². The molecule has 0 fully saturated rings. The topological polar surface area (TPSA) is 20.2 Å². The average molecular weight is 273 g/mol. The summed E-state index contributed by atoms with van der Waals surface area (Å²) in [6.45, 7) is 0. The first-order valence-corrected chi connectivity index (χ1v) is 5.44. The third kappa shape index (κ3) is 2.66. The van der Waals surface area contributed by atoms with Gasteiger partial charge in [-0.15, -0.1) is 0 Å². The Morgan fingerprint density at radius 1 is 0.889 bits per heavy atom. The van der Waals surface area contributed by atoms with Crippen LogP contribution in [0.3, 0.4) is 0 Å². The van der Waals surface area contributed by atoms with E-state index in [0.29, 0.717) is 6.07 Å². The van der Waals surface area contributed by atoms with E-state index in [1.165, 1.54) is 12.1 Å². The van der Waals surface area contributed by atoms with Gasteiger partial charge >= 0.3 is 0 Å². The van der Waals surface area contributed by atoms with Crippen molar-refractivity contribution in [1.82, 2.24) is 0 Å². The van der Waals surface area contributed by atoms with Crippen molar-refractivity contribution >= 4 is 11.6 Å². The van der Waals surface area contributed by atoms with Crippen molar-refractivity contribution in [2.24, 2.45) is 0 Å². The first-order valence-electron chi connectivity index (χ1n) is 5.06. The first kappa shape index (κ1) is 12.9. The van der Waals surface area contributed by atoms with Crippen molar-refractivity contribution in [3.8, 4) is 0 Å². The molecule has 5 heteroatoms. The molecule has 2 aromatic rings. The molecule has 0 saturated carbocycles. The molecule has 1 unspecified atom stereocenters. The molecular formula is C13H8ClF3O. The molecular weight excluding hydrogens is 265 g/mol. The minimum absolute atomic E-state index is 0.0372. The standard InChI is InChI=1S/C13H8ClF3O/c14-11-5-7(1-2-12(11)17)13(18)8-3-9(15)6-10(16)4-8/h1-6,13,18H. The van der Waals surface area contributed by atoms with Crippen LogP contribution in [0.5, 0.6) is 0 Å². The second kappa shape index (κ2) is 5.00. The van der Waals surface area contributed by atoms with Crippen LogP contribution in [0, 0.1) is 17.5 Å². The zero-order chi connectivity index (χ0) is 13.3. The Morgan fingerprint density at radius 3 is 2.06 bits per heavy atom. The van der Waals surface area contributed by atoms with Gasteiger partial charge in [0, 0.05) is 6.07 Å². The Labute approximate surface area is 106 Å². The largest absolute Gasteiger partial charge is 0.384 e. The van der Waals surface area contributed by atoms with Gasteiger partial charge in [-0.05, 0) is 35.4 Å². The molecule has 2 rings (SSSR count). The van der Waals surface area contributed by atoms with E-state index in [9.17, 15) is 18.3 Å². The van der Waals surface area contributed by atoms with Crippen molar-refractivity contribution in [3.05, 3.63) is 70.0 Å². The van der Waals surface area contributed by atoms with E-state index < -0.39 is 23.6 Å². The van der Waals surface area contributed by atoms with Gasteiger partial charge in [0.2, 0.25) is 0 Å². The third-order valence-electron chi connectivity index (χ3n) is 2.46. The lowest BCUT2D eigenvalue weighted by Gasteiger charge is -2.12. The van der Waals surface area contributed by atoms with Gasteiger partial charge < -0.3 is 5.11 Å². The number of aliphatic hydroxyl groups excluding tert-OH is 1. The normalized spacial score (nSPS) is 12.5. The number of benzene rings is 2. The SMILES string of the molecule is OC(c1cc(F)cc(F)c1)c1ccc(F)c(Cl)c1. The van der Waals surface area contributed by atoms with Crippen LogP contribution in [-0.4, -0.2) is 5.11 Å². The highest BCUT2D eigenvalue weighted by atomic mass is 35.5. The summed E-state index contributed by atoms with van der Waals surface area (Å²) < 4.78 is 39.0. The summed E-state index contributed by atoms with van der Waals surface area (Å²) >= 11 is 5.57. The Morgan fingerprint density at radius 2 is 1.50 bits per heavy atom. The van der Waals surface area contributed by atoms with Crippen molar-refractivity contribution in [2.45, 2.75) is 6.10 Å². The molecule has 0 aliphatic rings. The number of halogens is 4. The molecule has 0 aliphatic carbocycles. The Kier molecular flexibility index (Phi) is 3.59. The van der Waals surface area contributed by atoms with Crippen LogP contribution >= 0.6 is 11.6 Å². The maximum absolute atomic E-state index is 13.0. The van der Waals surface area contributed by atoms with E-state index in [2.05, 4.69) is 0 Å². The van der Waals surface area contributed by atoms with Gasteiger partial charge in [-0.3, -0.25) is 0 Å². The van der Waals surface area contributed by atoms with Crippen LogP contribution in [0.2, 0.25) is 5.02 Å². The van der Waals surface area contributed by atoms with E-state index in [1.54, 1.807) is 0 Å². The summed E-state index contributed by atoms with van der Waals surface area (Å²) in [5.41, 5.74) is 0.293. The quantitative estimate of drug-likeness (QED) is 0.881. The summed E-state index contributed by atoms with van der Waals surface area (Å²) in [5, 5.41) is 9.78. The minimum Gasteiger partial charge on any atom is -0.384 e. The summed E-state index contributed by atoms with van der Waals surface area (Å²) in [5.74, 6) is -2.22. The molecule has 1 nitrogen and oxygen atoms in total. The van der Waals surface area contributed by atoms with E-state index in [1.807, 2.05) is 0 Å². The van der Waals surface area contributed by atoms with Crippen LogP contribution in [0.1, 0.15) is 17.2 Å². The van der Waals surface area contributed by atoms with E-state index in [-0.39, 0.29) is 16.1 Å². The predicted molar refractivity (Wildman–Crippen MR) is 61.8 cm³/mol.